The molecule has 1 heterocycles. The SMILES string of the molecule is CCCCCC(C)N1CC(C)C(N)C1. The maximum atomic E-state index is 6.02. The van der Waals surface area contributed by atoms with Crippen molar-refractivity contribution in [3.05, 3.63) is 0 Å². The summed E-state index contributed by atoms with van der Waals surface area (Å²) in [6.07, 6.45) is 5.41. The summed E-state index contributed by atoms with van der Waals surface area (Å²) < 4.78 is 0. The second-order valence-corrected chi connectivity index (χ2v) is 4.94. The number of unbranched alkanes of at least 4 members (excludes halogenated alkanes) is 2. The predicted octanol–water partition coefficient (Wildman–Crippen LogP) is 2.23. The number of nitrogens with zero attached hydrogens (tertiary/aromatic N) is 1. The summed E-state index contributed by atoms with van der Waals surface area (Å²) in [5.41, 5.74) is 6.02. The molecule has 0 aliphatic carbocycles. The van der Waals surface area contributed by atoms with Crippen molar-refractivity contribution >= 4 is 0 Å². The topological polar surface area (TPSA) is 29.3 Å². The van der Waals surface area contributed by atoms with Gasteiger partial charge in [-0.25, -0.2) is 0 Å². The molecule has 1 rings (SSSR count). The van der Waals surface area contributed by atoms with Crippen LogP contribution in [0.1, 0.15) is 46.5 Å². The van der Waals surface area contributed by atoms with Crippen molar-refractivity contribution in [2.75, 3.05) is 13.1 Å². The molecule has 1 aliphatic rings. The average molecular weight is 198 g/mol. The van der Waals surface area contributed by atoms with Gasteiger partial charge in [0.1, 0.15) is 0 Å². The number of nitrogens with two attached hydrogens (primary N) is 1. The Bertz CT molecular complexity index is 148. The molecule has 2 nitrogen and oxygen atoms in total. The molecule has 1 aliphatic heterocycles. The van der Waals surface area contributed by atoms with Gasteiger partial charge in [0.15, 0.2) is 0 Å². The first-order valence-corrected chi connectivity index (χ1v) is 6.14. The van der Waals surface area contributed by atoms with E-state index in [1.165, 1.54) is 32.2 Å². The zero-order chi connectivity index (χ0) is 10.6. The largest absolute Gasteiger partial charge is 0.326 e. The third kappa shape index (κ3) is 3.25. The fourth-order valence-electron chi connectivity index (χ4n) is 2.26. The van der Waals surface area contributed by atoms with Crippen molar-refractivity contribution < 1.29 is 0 Å². The molecule has 1 saturated heterocycles. The molecule has 0 amide bonds. The molecule has 0 aromatic carbocycles. The smallest absolute Gasteiger partial charge is 0.0206 e. The van der Waals surface area contributed by atoms with E-state index in [9.17, 15) is 0 Å². The number of hydrogen-bond donors (Lipinski definition) is 1. The number of rotatable bonds is 5. The Kier molecular flexibility index (Phi) is 4.90. The highest BCUT2D eigenvalue weighted by atomic mass is 15.2. The molecule has 3 atom stereocenters. The molecule has 2 N–H and O–H groups in total. The van der Waals surface area contributed by atoms with Gasteiger partial charge in [0.05, 0.1) is 0 Å². The van der Waals surface area contributed by atoms with Crippen LogP contribution in [0.2, 0.25) is 0 Å². The predicted molar refractivity (Wildman–Crippen MR) is 62.3 cm³/mol. The second kappa shape index (κ2) is 5.72. The first-order valence-electron chi connectivity index (χ1n) is 6.14. The summed E-state index contributed by atoms with van der Waals surface area (Å²) in [5, 5.41) is 0. The van der Waals surface area contributed by atoms with E-state index >= 15 is 0 Å². The lowest BCUT2D eigenvalue weighted by atomic mass is 10.1. The lowest BCUT2D eigenvalue weighted by molar-refractivity contribution is 0.234. The van der Waals surface area contributed by atoms with Gasteiger partial charge in [-0.15, -0.1) is 0 Å². The minimum Gasteiger partial charge on any atom is -0.326 e. The number of likely N-dealkylation sites (tertiary alicyclic amines) is 1. The molecule has 3 unspecified atom stereocenters. The van der Waals surface area contributed by atoms with Gasteiger partial charge in [0.25, 0.3) is 0 Å². The monoisotopic (exact) mass is 198 g/mol. The van der Waals surface area contributed by atoms with Crippen molar-refractivity contribution in [3.8, 4) is 0 Å². The van der Waals surface area contributed by atoms with Gasteiger partial charge in [-0.05, 0) is 19.3 Å². The third-order valence-electron chi connectivity index (χ3n) is 3.55. The van der Waals surface area contributed by atoms with E-state index in [-0.39, 0.29) is 0 Å². The van der Waals surface area contributed by atoms with Gasteiger partial charge in [0.2, 0.25) is 0 Å². The van der Waals surface area contributed by atoms with E-state index in [0.29, 0.717) is 12.0 Å². The Morgan fingerprint density at radius 3 is 2.57 bits per heavy atom. The fourth-order valence-corrected chi connectivity index (χ4v) is 2.26. The Hall–Kier alpha value is -0.0800. The zero-order valence-electron chi connectivity index (χ0n) is 10.00. The maximum Gasteiger partial charge on any atom is 0.0206 e. The van der Waals surface area contributed by atoms with Crippen LogP contribution in [0.15, 0.2) is 0 Å². The Labute approximate surface area is 88.8 Å². The molecular weight excluding hydrogens is 172 g/mol. The first kappa shape index (κ1) is 12.0. The van der Waals surface area contributed by atoms with Crippen molar-refractivity contribution in [1.82, 2.24) is 4.90 Å². The van der Waals surface area contributed by atoms with E-state index in [2.05, 4.69) is 25.7 Å². The summed E-state index contributed by atoms with van der Waals surface area (Å²) in [5.74, 6) is 0.684. The highest BCUT2D eigenvalue weighted by molar-refractivity contribution is 4.86. The van der Waals surface area contributed by atoms with E-state index in [0.717, 1.165) is 12.6 Å². The molecule has 1 fully saturated rings. The van der Waals surface area contributed by atoms with Crippen LogP contribution in [0.4, 0.5) is 0 Å². The van der Waals surface area contributed by atoms with Gasteiger partial charge < -0.3 is 5.73 Å². The standard InChI is InChI=1S/C12H26N2/c1-4-5-6-7-11(3)14-8-10(2)12(13)9-14/h10-12H,4-9,13H2,1-3H3. The van der Waals surface area contributed by atoms with Gasteiger partial charge >= 0.3 is 0 Å². The molecular formula is C12H26N2. The molecule has 2 heteroatoms. The molecule has 0 spiro atoms. The van der Waals surface area contributed by atoms with Crippen LogP contribution in [-0.2, 0) is 0 Å². The molecule has 0 saturated carbocycles. The van der Waals surface area contributed by atoms with E-state index in [1.807, 2.05) is 0 Å². The molecule has 0 aromatic heterocycles. The molecule has 0 bridgehead atoms. The lowest BCUT2D eigenvalue weighted by Gasteiger charge is -2.24. The van der Waals surface area contributed by atoms with E-state index in [1.54, 1.807) is 0 Å². The van der Waals surface area contributed by atoms with Crippen LogP contribution in [0.25, 0.3) is 0 Å². The van der Waals surface area contributed by atoms with Crippen LogP contribution in [0.5, 0.6) is 0 Å². The summed E-state index contributed by atoms with van der Waals surface area (Å²) in [6, 6.07) is 1.14. The van der Waals surface area contributed by atoms with Gasteiger partial charge in [-0.1, -0.05) is 33.1 Å². The van der Waals surface area contributed by atoms with Crippen molar-refractivity contribution in [1.29, 1.82) is 0 Å². The van der Waals surface area contributed by atoms with Crippen LogP contribution < -0.4 is 5.73 Å². The molecule has 84 valence electrons. The van der Waals surface area contributed by atoms with Crippen LogP contribution in [0, 0.1) is 5.92 Å². The third-order valence-corrected chi connectivity index (χ3v) is 3.55. The summed E-state index contributed by atoms with van der Waals surface area (Å²) in [6.45, 7) is 9.19. The quantitative estimate of drug-likeness (QED) is 0.686. The van der Waals surface area contributed by atoms with Crippen molar-refractivity contribution in [3.63, 3.8) is 0 Å². The fraction of sp³-hybridized carbons (Fsp3) is 1.00. The minimum absolute atomic E-state index is 0.406. The summed E-state index contributed by atoms with van der Waals surface area (Å²) >= 11 is 0. The normalized spacial score (nSPS) is 30.9. The first-order chi connectivity index (χ1) is 6.65. The van der Waals surface area contributed by atoms with E-state index < -0.39 is 0 Å². The molecule has 0 aromatic rings. The van der Waals surface area contributed by atoms with Crippen molar-refractivity contribution in [2.45, 2.75) is 58.5 Å². The zero-order valence-corrected chi connectivity index (χ0v) is 10.00. The Morgan fingerprint density at radius 2 is 2.07 bits per heavy atom. The molecule has 0 radical (unpaired) electrons. The second-order valence-electron chi connectivity index (χ2n) is 4.94. The lowest BCUT2D eigenvalue weighted by Crippen LogP contribution is -2.33. The van der Waals surface area contributed by atoms with Gasteiger partial charge in [-0.3, -0.25) is 4.90 Å². The summed E-state index contributed by atoms with van der Waals surface area (Å²) in [7, 11) is 0. The Balaban J connectivity index is 2.21. The number of hydrogen-bond acceptors (Lipinski definition) is 2. The van der Waals surface area contributed by atoms with Gasteiger partial charge in [-0.2, -0.15) is 0 Å². The van der Waals surface area contributed by atoms with Crippen LogP contribution in [0.3, 0.4) is 0 Å². The van der Waals surface area contributed by atoms with Crippen LogP contribution >= 0.6 is 0 Å². The maximum absolute atomic E-state index is 6.02. The minimum atomic E-state index is 0.406. The molecule has 14 heavy (non-hydrogen) atoms. The Morgan fingerprint density at radius 1 is 1.36 bits per heavy atom. The van der Waals surface area contributed by atoms with Gasteiger partial charge in [0, 0.05) is 25.2 Å². The highest BCUT2D eigenvalue weighted by Gasteiger charge is 2.28. The average Bonchev–Trinajstić information content (AvgIpc) is 2.47. The highest BCUT2D eigenvalue weighted by Crippen LogP contribution is 2.19. The van der Waals surface area contributed by atoms with Crippen LogP contribution in [-0.4, -0.2) is 30.1 Å². The summed E-state index contributed by atoms with van der Waals surface area (Å²) in [4.78, 5) is 2.56. The van der Waals surface area contributed by atoms with E-state index in [4.69, 9.17) is 5.73 Å². The van der Waals surface area contributed by atoms with Crippen molar-refractivity contribution in [2.24, 2.45) is 11.7 Å².